The smallest absolute Gasteiger partial charge is 0.224 e. The summed E-state index contributed by atoms with van der Waals surface area (Å²) < 4.78 is 0. The van der Waals surface area contributed by atoms with E-state index in [1.807, 2.05) is 18.7 Å². The Morgan fingerprint density at radius 3 is 2.59 bits per heavy atom. The van der Waals surface area contributed by atoms with Crippen LogP contribution in [0.25, 0.3) is 0 Å². The molecule has 1 aromatic carbocycles. The summed E-state index contributed by atoms with van der Waals surface area (Å²) in [4.78, 5) is 13.5. The molecule has 0 saturated heterocycles. The highest BCUT2D eigenvalue weighted by Crippen LogP contribution is 2.31. The number of hydrogen-bond donors (Lipinski definition) is 0. The Balaban J connectivity index is 0.000000686. The molecule has 1 amide bonds. The third-order valence-electron chi connectivity index (χ3n) is 3.11. The topological polar surface area (TPSA) is 20.3 Å². The standard InChI is InChI=1S/C13H17NO.C2H6/c1-9-4-7-13-12(8-9)6-5-10(2)14(13)11(3)15;1-2/h4,7-8,10H,5-6H2,1-3H3;1-2H3/t10-;/m1./s1. The molecule has 1 aromatic rings. The minimum absolute atomic E-state index is 0.146. The molecule has 0 saturated carbocycles. The van der Waals surface area contributed by atoms with Gasteiger partial charge in [-0.2, -0.15) is 0 Å². The van der Waals surface area contributed by atoms with Crippen LogP contribution in [0, 0.1) is 6.92 Å². The molecule has 0 bridgehead atoms. The van der Waals surface area contributed by atoms with Crippen molar-refractivity contribution in [2.24, 2.45) is 0 Å². The molecule has 0 fully saturated rings. The van der Waals surface area contributed by atoms with Crippen molar-refractivity contribution in [2.75, 3.05) is 4.90 Å². The normalized spacial score (nSPS) is 17.9. The number of benzene rings is 1. The Bertz CT molecular complexity index is 398. The Hall–Kier alpha value is -1.31. The van der Waals surface area contributed by atoms with E-state index in [0.717, 1.165) is 18.5 Å². The molecule has 0 unspecified atom stereocenters. The van der Waals surface area contributed by atoms with Gasteiger partial charge in [-0.25, -0.2) is 0 Å². The van der Waals surface area contributed by atoms with E-state index in [1.165, 1.54) is 11.1 Å². The second-order valence-electron chi connectivity index (χ2n) is 4.41. The van der Waals surface area contributed by atoms with Gasteiger partial charge in [0.25, 0.3) is 0 Å². The van der Waals surface area contributed by atoms with Crippen molar-refractivity contribution in [1.82, 2.24) is 0 Å². The maximum Gasteiger partial charge on any atom is 0.224 e. The zero-order chi connectivity index (χ0) is 13.0. The number of rotatable bonds is 0. The average Bonchev–Trinajstić information content (AvgIpc) is 2.31. The molecule has 1 aliphatic rings. The SMILES string of the molecule is CC.CC(=O)N1c2ccc(C)cc2CC[C@H]1C. The van der Waals surface area contributed by atoms with Crippen LogP contribution in [-0.2, 0) is 11.2 Å². The molecule has 1 atom stereocenters. The minimum Gasteiger partial charge on any atom is -0.310 e. The van der Waals surface area contributed by atoms with Crippen molar-refractivity contribution in [2.45, 2.75) is 53.5 Å². The first-order chi connectivity index (χ1) is 8.09. The summed E-state index contributed by atoms with van der Waals surface area (Å²) in [5, 5.41) is 0. The number of fused-ring (bicyclic) bond motifs is 1. The summed E-state index contributed by atoms with van der Waals surface area (Å²) in [6.45, 7) is 9.85. The fraction of sp³-hybridized carbons (Fsp3) is 0.533. The quantitative estimate of drug-likeness (QED) is 0.669. The van der Waals surface area contributed by atoms with Gasteiger partial charge in [0.15, 0.2) is 0 Å². The van der Waals surface area contributed by atoms with Crippen LogP contribution in [0.5, 0.6) is 0 Å². The summed E-state index contributed by atoms with van der Waals surface area (Å²) in [5.41, 5.74) is 3.68. The predicted molar refractivity (Wildman–Crippen MR) is 73.5 cm³/mol. The number of carbonyl (C=O) groups excluding carboxylic acids is 1. The fourth-order valence-corrected chi connectivity index (χ4v) is 2.36. The fourth-order valence-electron chi connectivity index (χ4n) is 2.36. The molecule has 2 rings (SSSR count). The lowest BCUT2D eigenvalue weighted by molar-refractivity contribution is -0.117. The minimum atomic E-state index is 0.146. The number of aryl methyl sites for hydroxylation is 2. The van der Waals surface area contributed by atoms with Crippen LogP contribution < -0.4 is 4.90 Å². The lowest BCUT2D eigenvalue weighted by Crippen LogP contribution is -2.40. The van der Waals surface area contributed by atoms with E-state index in [2.05, 4.69) is 32.0 Å². The molecule has 2 heteroatoms. The molecule has 1 heterocycles. The van der Waals surface area contributed by atoms with E-state index < -0.39 is 0 Å². The summed E-state index contributed by atoms with van der Waals surface area (Å²) >= 11 is 0. The molecule has 0 aromatic heterocycles. The predicted octanol–water partition coefficient (Wildman–Crippen LogP) is 3.71. The maximum atomic E-state index is 11.6. The third-order valence-corrected chi connectivity index (χ3v) is 3.11. The van der Waals surface area contributed by atoms with Crippen molar-refractivity contribution >= 4 is 11.6 Å². The highest BCUT2D eigenvalue weighted by Gasteiger charge is 2.25. The maximum absolute atomic E-state index is 11.6. The van der Waals surface area contributed by atoms with Crippen LogP contribution >= 0.6 is 0 Å². The molecule has 0 spiro atoms. The van der Waals surface area contributed by atoms with E-state index in [9.17, 15) is 4.79 Å². The molecular weight excluding hydrogens is 210 g/mol. The molecular formula is C15H23NO. The van der Waals surface area contributed by atoms with Crippen LogP contribution in [0.1, 0.15) is 45.2 Å². The first kappa shape index (κ1) is 13.8. The molecule has 0 radical (unpaired) electrons. The van der Waals surface area contributed by atoms with Gasteiger partial charge in [0.2, 0.25) is 5.91 Å². The lowest BCUT2D eigenvalue weighted by atomic mass is 9.95. The molecule has 1 aliphatic heterocycles. The molecule has 0 N–H and O–H groups in total. The van der Waals surface area contributed by atoms with Crippen LogP contribution in [0.3, 0.4) is 0 Å². The largest absolute Gasteiger partial charge is 0.310 e. The van der Waals surface area contributed by atoms with Crippen molar-refractivity contribution < 1.29 is 4.79 Å². The number of nitrogens with zero attached hydrogens (tertiary/aromatic N) is 1. The van der Waals surface area contributed by atoms with Gasteiger partial charge in [-0.1, -0.05) is 31.5 Å². The van der Waals surface area contributed by atoms with Crippen LogP contribution in [0.2, 0.25) is 0 Å². The highest BCUT2D eigenvalue weighted by molar-refractivity contribution is 5.93. The number of anilines is 1. The number of hydrogen-bond acceptors (Lipinski definition) is 1. The summed E-state index contributed by atoms with van der Waals surface area (Å²) in [6.07, 6.45) is 2.15. The zero-order valence-electron chi connectivity index (χ0n) is 11.6. The van der Waals surface area contributed by atoms with Gasteiger partial charge in [-0.05, 0) is 38.3 Å². The molecule has 94 valence electrons. The van der Waals surface area contributed by atoms with Gasteiger partial charge < -0.3 is 4.90 Å². The Morgan fingerprint density at radius 2 is 2.00 bits per heavy atom. The van der Waals surface area contributed by atoms with Crippen LogP contribution in [0.15, 0.2) is 18.2 Å². The number of amides is 1. The molecule has 17 heavy (non-hydrogen) atoms. The van der Waals surface area contributed by atoms with E-state index in [1.54, 1.807) is 6.92 Å². The molecule has 2 nitrogen and oxygen atoms in total. The van der Waals surface area contributed by atoms with Crippen molar-refractivity contribution in [3.63, 3.8) is 0 Å². The van der Waals surface area contributed by atoms with E-state index >= 15 is 0 Å². The second-order valence-corrected chi connectivity index (χ2v) is 4.41. The van der Waals surface area contributed by atoms with E-state index in [0.29, 0.717) is 6.04 Å². The average molecular weight is 233 g/mol. The third kappa shape index (κ3) is 2.87. The van der Waals surface area contributed by atoms with Crippen LogP contribution in [0.4, 0.5) is 5.69 Å². The van der Waals surface area contributed by atoms with Gasteiger partial charge in [-0.15, -0.1) is 0 Å². The Kier molecular flexibility index (Phi) is 4.73. The van der Waals surface area contributed by atoms with Crippen molar-refractivity contribution in [3.05, 3.63) is 29.3 Å². The van der Waals surface area contributed by atoms with E-state index in [-0.39, 0.29) is 5.91 Å². The van der Waals surface area contributed by atoms with Crippen molar-refractivity contribution in [1.29, 1.82) is 0 Å². The van der Waals surface area contributed by atoms with Gasteiger partial charge in [0.1, 0.15) is 0 Å². The first-order valence-corrected chi connectivity index (χ1v) is 6.49. The first-order valence-electron chi connectivity index (χ1n) is 6.49. The Morgan fingerprint density at radius 1 is 1.35 bits per heavy atom. The van der Waals surface area contributed by atoms with Gasteiger partial charge in [-0.3, -0.25) is 4.79 Å². The Labute approximate surface area is 105 Å². The van der Waals surface area contributed by atoms with Gasteiger partial charge in [0, 0.05) is 18.7 Å². The molecule has 0 aliphatic carbocycles. The van der Waals surface area contributed by atoms with E-state index in [4.69, 9.17) is 0 Å². The lowest BCUT2D eigenvalue weighted by Gasteiger charge is -2.34. The summed E-state index contributed by atoms with van der Waals surface area (Å²) in [7, 11) is 0. The second kappa shape index (κ2) is 5.85. The van der Waals surface area contributed by atoms with Crippen molar-refractivity contribution in [3.8, 4) is 0 Å². The zero-order valence-corrected chi connectivity index (χ0v) is 11.6. The van der Waals surface area contributed by atoms with Crippen LogP contribution in [-0.4, -0.2) is 11.9 Å². The summed E-state index contributed by atoms with van der Waals surface area (Å²) in [6, 6.07) is 6.67. The van der Waals surface area contributed by atoms with Gasteiger partial charge in [0.05, 0.1) is 0 Å². The van der Waals surface area contributed by atoms with Gasteiger partial charge >= 0.3 is 0 Å². The monoisotopic (exact) mass is 233 g/mol. The highest BCUT2D eigenvalue weighted by atomic mass is 16.2. The summed E-state index contributed by atoms with van der Waals surface area (Å²) in [5.74, 6) is 0.146. The number of carbonyl (C=O) groups is 1.